The van der Waals surface area contributed by atoms with E-state index >= 15 is 0 Å². The summed E-state index contributed by atoms with van der Waals surface area (Å²) in [6.07, 6.45) is 0. The number of aromatic nitrogens is 3. The summed E-state index contributed by atoms with van der Waals surface area (Å²) in [5.74, 6) is -0.0653. The first kappa shape index (κ1) is 17.7. The molecule has 3 aromatic carbocycles. The number of benzene rings is 3. The maximum Gasteiger partial charge on any atom is 0.255 e. The Kier molecular flexibility index (Phi) is 4.72. The van der Waals surface area contributed by atoms with E-state index in [0.29, 0.717) is 23.3 Å². The fraction of sp³-hybridized carbons (Fsp3) is 0.0952. The zero-order chi connectivity index (χ0) is 19.5. The van der Waals surface area contributed by atoms with Crippen LogP contribution in [-0.4, -0.2) is 27.5 Å². The number of hydrogen-bond donors (Lipinski definition) is 1. The number of anilines is 1. The van der Waals surface area contributed by atoms with Gasteiger partial charge in [0.25, 0.3) is 5.91 Å². The maximum atomic E-state index is 13.3. The number of fused-ring (bicyclic) bond motifs is 1. The summed E-state index contributed by atoms with van der Waals surface area (Å²) >= 11 is 0. The molecule has 1 aromatic heterocycles. The SMILES string of the molecule is CCOc1ccc(-n2nc3ccc(NC(=O)c4cccc(F)c4)cc3n2)cc1. The number of carbonyl (C=O) groups excluding carboxylic acids is 1. The molecule has 0 radical (unpaired) electrons. The molecule has 0 saturated heterocycles. The van der Waals surface area contributed by atoms with Gasteiger partial charge in [0.05, 0.1) is 12.3 Å². The van der Waals surface area contributed by atoms with E-state index in [1.165, 1.54) is 23.0 Å². The molecule has 4 rings (SSSR count). The van der Waals surface area contributed by atoms with Crippen molar-refractivity contribution in [2.75, 3.05) is 11.9 Å². The highest BCUT2D eigenvalue weighted by Crippen LogP contribution is 2.20. The third kappa shape index (κ3) is 3.68. The topological polar surface area (TPSA) is 69.0 Å². The van der Waals surface area contributed by atoms with Gasteiger partial charge < -0.3 is 10.1 Å². The van der Waals surface area contributed by atoms with Gasteiger partial charge in [0.2, 0.25) is 0 Å². The molecule has 0 atom stereocenters. The molecule has 1 N–H and O–H groups in total. The van der Waals surface area contributed by atoms with Crippen LogP contribution in [0.2, 0.25) is 0 Å². The van der Waals surface area contributed by atoms with Crippen LogP contribution in [0.5, 0.6) is 5.75 Å². The van der Waals surface area contributed by atoms with Gasteiger partial charge >= 0.3 is 0 Å². The Morgan fingerprint density at radius 1 is 1.04 bits per heavy atom. The summed E-state index contributed by atoms with van der Waals surface area (Å²) in [4.78, 5) is 13.8. The van der Waals surface area contributed by atoms with Crippen molar-refractivity contribution < 1.29 is 13.9 Å². The molecule has 1 heterocycles. The molecule has 0 aliphatic carbocycles. The largest absolute Gasteiger partial charge is 0.494 e. The van der Waals surface area contributed by atoms with E-state index in [9.17, 15) is 9.18 Å². The summed E-state index contributed by atoms with van der Waals surface area (Å²) in [6.45, 7) is 2.54. The van der Waals surface area contributed by atoms with Gasteiger partial charge in [-0.25, -0.2) is 4.39 Å². The molecule has 4 aromatic rings. The number of ether oxygens (including phenoxy) is 1. The minimum atomic E-state index is -0.457. The van der Waals surface area contributed by atoms with E-state index < -0.39 is 11.7 Å². The quantitative estimate of drug-likeness (QED) is 0.566. The van der Waals surface area contributed by atoms with Gasteiger partial charge in [0.15, 0.2) is 0 Å². The van der Waals surface area contributed by atoms with Crippen LogP contribution in [0.4, 0.5) is 10.1 Å². The Morgan fingerprint density at radius 2 is 1.82 bits per heavy atom. The van der Waals surface area contributed by atoms with Gasteiger partial charge in [-0.3, -0.25) is 4.79 Å². The molecule has 0 spiro atoms. The molecule has 7 heteroatoms. The third-order valence-corrected chi connectivity index (χ3v) is 4.10. The molecule has 0 bridgehead atoms. The summed E-state index contributed by atoms with van der Waals surface area (Å²) in [5.41, 5.74) is 2.92. The Bertz CT molecular complexity index is 1140. The Morgan fingerprint density at radius 3 is 2.57 bits per heavy atom. The van der Waals surface area contributed by atoms with Crippen LogP contribution in [0.15, 0.2) is 66.7 Å². The van der Waals surface area contributed by atoms with Crippen molar-refractivity contribution in [1.82, 2.24) is 15.0 Å². The van der Waals surface area contributed by atoms with Crippen molar-refractivity contribution in [2.45, 2.75) is 6.92 Å². The predicted octanol–water partition coefficient (Wildman–Crippen LogP) is 4.21. The van der Waals surface area contributed by atoms with E-state index in [1.807, 2.05) is 31.2 Å². The normalized spacial score (nSPS) is 10.8. The van der Waals surface area contributed by atoms with Gasteiger partial charge in [0.1, 0.15) is 22.6 Å². The lowest BCUT2D eigenvalue weighted by atomic mass is 10.2. The van der Waals surface area contributed by atoms with Crippen LogP contribution in [-0.2, 0) is 0 Å². The average Bonchev–Trinajstić information content (AvgIpc) is 3.12. The van der Waals surface area contributed by atoms with Crippen molar-refractivity contribution in [1.29, 1.82) is 0 Å². The first-order valence-corrected chi connectivity index (χ1v) is 8.79. The highest BCUT2D eigenvalue weighted by Gasteiger charge is 2.10. The first-order chi connectivity index (χ1) is 13.6. The fourth-order valence-corrected chi connectivity index (χ4v) is 2.78. The summed E-state index contributed by atoms with van der Waals surface area (Å²) < 4.78 is 18.7. The highest BCUT2D eigenvalue weighted by atomic mass is 19.1. The molecule has 1 amide bonds. The molecule has 28 heavy (non-hydrogen) atoms. The Hall–Kier alpha value is -3.74. The standard InChI is InChI=1S/C21H17FN4O2/c1-2-28-18-9-7-17(8-10-18)26-24-19-11-6-16(13-20(19)25-26)23-21(27)14-4-3-5-15(22)12-14/h3-13H,2H2,1H3,(H,23,27). The smallest absolute Gasteiger partial charge is 0.255 e. The number of nitrogens with one attached hydrogen (secondary N) is 1. The number of amides is 1. The van der Waals surface area contributed by atoms with E-state index in [1.54, 1.807) is 24.3 Å². The monoisotopic (exact) mass is 376 g/mol. The van der Waals surface area contributed by atoms with Crippen molar-refractivity contribution in [3.05, 3.63) is 78.1 Å². The summed E-state index contributed by atoms with van der Waals surface area (Å²) in [6, 6.07) is 18.2. The van der Waals surface area contributed by atoms with Crippen molar-refractivity contribution >= 4 is 22.6 Å². The minimum Gasteiger partial charge on any atom is -0.494 e. The lowest BCUT2D eigenvalue weighted by molar-refractivity contribution is 0.102. The second-order valence-electron chi connectivity index (χ2n) is 6.08. The molecule has 0 aliphatic rings. The van der Waals surface area contributed by atoms with Gasteiger partial charge in [-0.05, 0) is 67.6 Å². The van der Waals surface area contributed by atoms with E-state index in [4.69, 9.17) is 4.74 Å². The number of carbonyl (C=O) groups is 1. The predicted molar refractivity (Wildman–Crippen MR) is 104 cm³/mol. The van der Waals surface area contributed by atoms with E-state index in [2.05, 4.69) is 15.5 Å². The molecule has 140 valence electrons. The Labute approximate surface area is 160 Å². The molecule has 6 nitrogen and oxygen atoms in total. The third-order valence-electron chi connectivity index (χ3n) is 4.10. The minimum absolute atomic E-state index is 0.248. The van der Waals surface area contributed by atoms with E-state index in [0.717, 1.165) is 11.4 Å². The molecule has 0 unspecified atom stereocenters. The second-order valence-corrected chi connectivity index (χ2v) is 6.08. The summed E-state index contributed by atoms with van der Waals surface area (Å²) in [5, 5.41) is 11.7. The van der Waals surface area contributed by atoms with Gasteiger partial charge in [0, 0.05) is 11.3 Å². The van der Waals surface area contributed by atoms with Crippen LogP contribution in [0.3, 0.4) is 0 Å². The fourth-order valence-electron chi connectivity index (χ4n) is 2.78. The lowest BCUT2D eigenvalue weighted by Gasteiger charge is -2.04. The van der Waals surface area contributed by atoms with Gasteiger partial charge in [-0.2, -0.15) is 4.80 Å². The molecule has 0 fully saturated rings. The lowest BCUT2D eigenvalue weighted by Crippen LogP contribution is -2.11. The zero-order valence-corrected chi connectivity index (χ0v) is 15.1. The maximum absolute atomic E-state index is 13.3. The Balaban J connectivity index is 1.57. The van der Waals surface area contributed by atoms with Crippen molar-refractivity contribution in [3.63, 3.8) is 0 Å². The van der Waals surface area contributed by atoms with Crippen LogP contribution in [0, 0.1) is 5.82 Å². The van der Waals surface area contributed by atoms with Gasteiger partial charge in [-0.1, -0.05) is 6.07 Å². The average molecular weight is 376 g/mol. The number of halogens is 1. The molecule has 0 saturated carbocycles. The number of hydrogen-bond acceptors (Lipinski definition) is 4. The van der Waals surface area contributed by atoms with E-state index in [-0.39, 0.29) is 5.56 Å². The molecular formula is C21H17FN4O2. The number of rotatable bonds is 5. The van der Waals surface area contributed by atoms with Crippen molar-refractivity contribution in [2.24, 2.45) is 0 Å². The summed E-state index contributed by atoms with van der Waals surface area (Å²) in [7, 11) is 0. The zero-order valence-electron chi connectivity index (χ0n) is 15.1. The van der Waals surface area contributed by atoms with Crippen LogP contribution >= 0.6 is 0 Å². The van der Waals surface area contributed by atoms with Crippen molar-refractivity contribution in [3.8, 4) is 11.4 Å². The second kappa shape index (κ2) is 7.48. The van der Waals surface area contributed by atoms with Gasteiger partial charge in [-0.15, -0.1) is 10.2 Å². The van der Waals surface area contributed by atoms with Crippen LogP contribution in [0.25, 0.3) is 16.7 Å². The molecular weight excluding hydrogens is 359 g/mol. The number of nitrogens with zero attached hydrogens (tertiary/aromatic N) is 3. The first-order valence-electron chi connectivity index (χ1n) is 8.79. The van der Waals surface area contributed by atoms with Crippen LogP contribution < -0.4 is 10.1 Å². The van der Waals surface area contributed by atoms with Crippen LogP contribution in [0.1, 0.15) is 17.3 Å². The highest BCUT2D eigenvalue weighted by molar-refractivity contribution is 6.04. The molecule has 0 aliphatic heterocycles.